The van der Waals surface area contributed by atoms with Crippen LogP contribution in [0.2, 0.25) is 0 Å². The predicted molar refractivity (Wildman–Crippen MR) is 363 cm³/mol. The van der Waals surface area contributed by atoms with Crippen molar-refractivity contribution in [3.05, 3.63) is 184 Å². The Hall–Kier alpha value is -6.82. The zero-order chi connectivity index (χ0) is 58.7. The minimum absolute atomic E-state index is 0.00218. The van der Waals surface area contributed by atoms with Crippen LogP contribution in [0.1, 0.15) is 187 Å². The SMILES string of the molecule is Cc1ccccc1-c1cc2c3c(c1)N(c1ccc(C(C)(C)C)cc1-c1ccccc1)c1c(oc4cc5c(cc14)C(C)(C)CCC5(C)C)B3N(c1ccc3c(c1)C(C)(C)CCC3(C)C)c1cc3c(cc1-2)sc1cc2c(cc13)C(C)(C)CCC2(C)C. The van der Waals surface area contributed by atoms with Gasteiger partial charge in [0.05, 0.1) is 11.4 Å². The van der Waals surface area contributed by atoms with Crippen LogP contribution in [-0.2, 0) is 37.9 Å². The molecule has 2 aliphatic heterocycles. The van der Waals surface area contributed by atoms with E-state index in [2.05, 4.69) is 260 Å². The van der Waals surface area contributed by atoms with E-state index in [1.807, 2.05) is 11.3 Å². The Morgan fingerprint density at radius 2 is 1.00 bits per heavy atom. The second-order valence-electron chi connectivity index (χ2n) is 31.3. The van der Waals surface area contributed by atoms with Crippen molar-refractivity contribution in [3.8, 4) is 33.4 Å². The Bertz CT molecular complexity index is 4450. The van der Waals surface area contributed by atoms with Gasteiger partial charge in [0.25, 0.3) is 0 Å². The molecule has 0 fully saturated rings. The molecule has 0 amide bonds. The highest BCUT2D eigenvalue weighted by Crippen LogP contribution is 2.58. The number of hydrogen-bond donors (Lipinski definition) is 0. The number of rotatable bonds is 4. The number of fused-ring (bicyclic) bond motifs is 12. The molecule has 2 aromatic heterocycles. The molecule has 0 radical (unpaired) electrons. The summed E-state index contributed by atoms with van der Waals surface area (Å²) in [4.78, 5) is 5.43. The van der Waals surface area contributed by atoms with Gasteiger partial charge < -0.3 is 14.1 Å². The molecule has 0 spiro atoms. The van der Waals surface area contributed by atoms with E-state index in [0.717, 1.165) is 41.9 Å². The van der Waals surface area contributed by atoms with Crippen LogP contribution >= 0.6 is 11.3 Å². The van der Waals surface area contributed by atoms with Gasteiger partial charge in [-0.2, -0.15) is 0 Å². The maximum absolute atomic E-state index is 8.00. The Balaban J connectivity index is 1.12. The zero-order valence-electron chi connectivity index (χ0n) is 52.8. The van der Waals surface area contributed by atoms with Crippen molar-refractivity contribution in [1.82, 2.24) is 0 Å². The number of nitrogens with zero attached hydrogens (tertiary/aromatic N) is 2. The summed E-state index contributed by atoms with van der Waals surface area (Å²) in [6.07, 6.45) is 6.94. The van der Waals surface area contributed by atoms with Gasteiger partial charge in [-0.05, 0) is 228 Å². The number of thiophene rings is 1. The fourth-order valence-corrected chi connectivity index (χ4v) is 17.3. The van der Waals surface area contributed by atoms with Crippen molar-refractivity contribution in [2.45, 2.75) is 187 Å². The Morgan fingerprint density at radius 3 is 1.64 bits per heavy atom. The molecule has 0 bridgehead atoms. The molecule has 0 saturated carbocycles. The van der Waals surface area contributed by atoms with Crippen molar-refractivity contribution in [3.63, 3.8) is 0 Å². The van der Waals surface area contributed by atoms with Crippen molar-refractivity contribution >= 4 is 88.9 Å². The Morgan fingerprint density at radius 1 is 0.440 bits per heavy atom. The lowest BCUT2D eigenvalue weighted by molar-refractivity contribution is 0.332. The van der Waals surface area contributed by atoms with Gasteiger partial charge in [0.2, 0.25) is 0 Å². The monoisotopic (exact) mass is 1120 g/mol. The van der Waals surface area contributed by atoms with Crippen molar-refractivity contribution in [1.29, 1.82) is 0 Å². The number of aryl methyl sites for hydroxylation is 1. The molecular weight excluding hydrogens is 1040 g/mol. The van der Waals surface area contributed by atoms with Crippen LogP contribution in [0.5, 0.6) is 0 Å². The van der Waals surface area contributed by atoms with Gasteiger partial charge in [-0.25, -0.2) is 0 Å². The van der Waals surface area contributed by atoms with Crippen molar-refractivity contribution in [2.75, 3.05) is 9.71 Å². The van der Waals surface area contributed by atoms with Crippen molar-refractivity contribution < 1.29 is 4.42 Å². The minimum Gasteiger partial charge on any atom is -0.466 e. The van der Waals surface area contributed by atoms with E-state index in [0.29, 0.717) is 0 Å². The molecule has 3 aliphatic carbocycles. The van der Waals surface area contributed by atoms with Crippen LogP contribution in [-0.4, -0.2) is 6.85 Å². The summed E-state index contributed by atoms with van der Waals surface area (Å²) in [6.45, 7) is 38.6. The average molecular weight is 1120 g/mol. The highest BCUT2D eigenvalue weighted by Gasteiger charge is 2.51. The highest BCUT2D eigenvalue weighted by atomic mass is 32.1. The van der Waals surface area contributed by atoms with Crippen molar-refractivity contribution in [2.24, 2.45) is 0 Å². The van der Waals surface area contributed by atoms with E-state index in [9.17, 15) is 0 Å². The summed E-state index contributed by atoms with van der Waals surface area (Å²) in [6, 6.07) is 55.7. The lowest BCUT2D eigenvalue weighted by Gasteiger charge is -2.46. The lowest BCUT2D eigenvalue weighted by atomic mass is 9.45. The first-order chi connectivity index (χ1) is 39.6. The molecular formula is C79H83BN2OS. The quantitative estimate of drug-likeness (QED) is 0.164. The molecule has 3 nitrogen and oxygen atoms in total. The van der Waals surface area contributed by atoms with Crippen LogP contribution in [0.4, 0.5) is 28.4 Å². The van der Waals surface area contributed by atoms with Crippen LogP contribution in [0.15, 0.2) is 144 Å². The van der Waals surface area contributed by atoms with E-state index in [1.54, 1.807) is 0 Å². The van der Waals surface area contributed by atoms with Gasteiger partial charge in [-0.15, -0.1) is 11.3 Å². The van der Waals surface area contributed by atoms with E-state index in [4.69, 9.17) is 4.42 Å². The third-order valence-corrected chi connectivity index (χ3v) is 23.0. The molecule has 10 aromatic rings. The summed E-state index contributed by atoms with van der Waals surface area (Å²) in [5.74, 6) is 0. The van der Waals surface area contributed by atoms with E-state index >= 15 is 0 Å². The molecule has 5 aliphatic rings. The van der Waals surface area contributed by atoms with E-state index in [-0.39, 0.29) is 44.8 Å². The molecule has 0 saturated heterocycles. The first-order valence-electron chi connectivity index (χ1n) is 31.5. The summed E-state index contributed by atoms with van der Waals surface area (Å²) in [7, 11) is 0. The summed E-state index contributed by atoms with van der Waals surface area (Å²) >= 11 is 1.98. The largest absolute Gasteiger partial charge is 0.466 e. The fourth-order valence-electron chi connectivity index (χ4n) is 16.2. The first-order valence-corrected chi connectivity index (χ1v) is 32.3. The molecule has 424 valence electrons. The predicted octanol–water partition coefficient (Wildman–Crippen LogP) is 21.5. The van der Waals surface area contributed by atoms with Crippen LogP contribution in [0, 0.1) is 6.92 Å². The first kappa shape index (κ1) is 53.9. The van der Waals surface area contributed by atoms with Gasteiger partial charge in [0.1, 0.15) is 11.2 Å². The molecule has 5 heteroatoms. The second kappa shape index (κ2) is 17.7. The number of furan rings is 1. The maximum Gasteiger partial charge on any atom is 0.375 e. The Kier molecular flexibility index (Phi) is 11.3. The number of benzene rings is 8. The van der Waals surface area contributed by atoms with Gasteiger partial charge in [-0.1, -0.05) is 171 Å². The second-order valence-corrected chi connectivity index (χ2v) is 32.4. The van der Waals surface area contributed by atoms with Crippen LogP contribution in [0.25, 0.3) is 64.5 Å². The molecule has 0 N–H and O–H groups in total. The average Bonchev–Trinajstić information content (AvgIpc) is 1.30. The lowest BCUT2D eigenvalue weighted by Crippen LogP contribution is -2.61. The molecule has 15 rings (SSSR count). The normalized spacial score (nSPS) is 19.2. The summed E-state index contributed by atoms with van der Waals surface area (Å²) < 4.78 is 10.7. The summed E-state index contributed by atoms with van der Waals surface area (Å²) in [5, 5.41) is 3.89. The fraction of sp³-hybridized carbons (Fsp3) is 0.367. The van der Waals surface area contributed by atoms with E-state index < -0.39 is 0 Å². The summed E-state index contributed by atoms with van der Waals surface area (Å²) in [5.41, 5.74) is 28.2. The smallest absolute Gasteiger partial charge is 0.375 e. The molecule has 8 aromatic carbocycles. The molecule has 84 heavy (non-hydrogen) atoms. The standard InChI is InChI=1S/C79H83BN2OS/c1-46-22-20-21-25-51(46)48-36-56-53-43-68-55(54-40-60-63(45-69(54)84-68)79(15,16)35-33-76(60,9)10)42-65(53)82(50-27-28-58-59(39-50)75(7,8)31-30-74(58,5)6)80-70(56)66(37-48)81(64-29-26-49(73(2,3)4)38-52(64)47-23-18-17-19-24-47)71-57-41-61-62(44-67(57)83-72(71)80)78(13,14)34-32-77(61,11)12/h17-29,36-45H,30-35H2,1-16H3. The molecule has 4 heterocycles. The highest BCUT2D eigenvalue weighted by molar-refractivity contribution is 7.25. The van der Waals surface area contributed by atoms with E-state index in [1.165, 1.54) is 145 Å². The third-order valence-electron chi connectivity index (χ3n) is 21.9. The number of hydrogen-bond acceptors (Lipinski definition) is 4. The van der Waals surface area contributed by atoms with Gasteiger partial charge in [0, 0.05) is 53.7 Å². The zero-order valence-corrected chi connectivity index (χ0v) is 53.6. The maximum atomic E-state index is 8.00. The minimum atomic E-state index is -0.313. The molecule has 0 unspecified atom stereocenters. The van der Waals surface area contributed by atoms with Gasteiger partial charge in [0.15, 0.2) is 0 Å². The molecule has 0 atom stereocenters. The Labute approximate surface area is 504 Å². The van der Waals surface area contributed by atoms with Gasteiger partial charge in [-0.3, -0.25) is 0 Å². The topological polar surface area (TPSA) is 19.6 Å². The van der Waals surface area contributed by atoms with Crippen LogP contribution < -0.4 is 20.8 Å². The number of anilines is 5. The van der Waals surface area contributed by atoms with Crippen LogP contribution in [0.3, 0.4) is 0 Å². The third kappa shape index (κ3) is 7.88. The van der Waals surface area contributed by atoms with Gasteiger partial charge >= 0.3 is 6.85 Å².